The summed E-state index contributed by atoms with van der Waals surface area (Å²) in [5, 5.41) is 0. The molecule has 0 N–H and O–H groups in total. The number of anilines is 2. The van der Waals surface area contributed by atoms with Crippen LogP contribution in [-0.2, 0) is 5.41 Å². The second kappa shape index (κ2) is 11.9. The molecule has 0 aromatic heterocycles. The van der Waals surface area contributed by atoms with Gasteiger partial charge >= 0.3 is 0 Å². The van der Waals surface area contributed by atoms with Gasteiger partial charge in [0.25, 0.3) is 0 Å². The standard InChI is InChI=1S/C49H35NO/c1-4-18-34(19-5-1)37-24-12-16-30-44(37)50(36-22-8-3-9-23-36)45-33-32-43(47-40-27-13-17-31-46(40)51-48(45)47)49(35-20-6-2-7-21-35)41-28-14-10-25-38(41)39-26-11-15-29-42(39)49/h1-33,45,48H/t45?,48-/m1/s1. The lowest BCUT2D eigenvalue weighted by molar-refractivity contribution is 0.257. The van der Waals surface area contributed by atoms with E-state index in [1.54, 1.807) is 0 Å². The first-order valence-corrected chi connectivity index (χ1v) is 17.8. The number of hydrogen-bond acceptors (Lipinski definition) is 2. The number of para-hydroxylation sites is 3. The van der Waals surface area contributed by atoms with Crippen molar-refractivity contribution in [2.75, 3.05) is 4.90 Å². The van der Waals surface area contributed by atoms with Crippen LogP contribution in [0.4, 0.5) is 11.4 Å². The fraction of sp³-hybridized carbons (Fsp3) is 0.0612. The molecule has 3 aliphatic rings. The van der Waals surface area contributed by atoms with Gasteiger partial charge in [-0.15, -0.1) is 0 Å². The van der Waals surface area contributed by atoms with Gasteiger partial charge in [0.15, 0.2) is 0 Å². The maximum absolute atomic E-state index is 7.19. The summed E-state index contributed by atoms with van der Waals surface area (Å²) in [6, 6.07) is 67.7. The van der Waals surface area contributed by atoms with Crippen molar-refractivity contribution in [2.45, 2.75) is 17.6 Å². The number of fused-ring (bicyclic) bond motifs is 6. The van der Waals surface area contributed by atoms with Crippen LogP contribution in [0.15, 0.2) is 206 Å². The molecule has 7 aromatic rings. The zero-order valence-corrected chi connectivity index (χ0v) is 28.1. The van der Waals surface area contributed by atoms with Crippen LogP contribution in [-0.4, -0.2) is 12.1 Å². The SMILES string of the molecule is C1=CC(N(c2ccccc2)c2ccccc2-c2ccccc2)[C@H]2Oc3ccccc3C2=C1C1(c2ccccc2)c2ccccc2-c2ccccc21. The van der Waals surface area contributed by atoms with E-state index >= 15 is 0 Å². The molecule has 1 aliphatic heterocycles. The van der Waals surface area contributed by atoms with Gasteiger partial charge in [0.1, 0.15) is 11.9 Å². The van der Waals surface area contributed by atoms with Gasteiger partial charge in [0, 0.05) is 28.1 Å². The van der Waals surface area contributed by atoms with E-state index in [4.69, 9.17) is 4.74 Å². The van der Waals surface area contributed by atoms with Gasteiger partial charge in [-0.25, -0.2) is 0 Å². The molecule has 0 spiro atoms. The van der Waals surface area contributed by atoms with Crippen molar-refractivity contribution in [2.24, 2.45) is 0 Å². The van der Waals surface area contributed by atoms with Gasteiger partial charge in [-0.3, -0.25) is 0 Å². The number of ether oxygens (including phenoxy) is 1. The molecule has 2 atom stereocenters. The fourth-order valence-corrected chi connectivity index (χ4v) is 8.90. The normalized spacial score (nSPS) is 17.6. The third-order valence-corrected chi connectivity index (χ3v) is 10.9. The number of nitrogens with zero attached hydrogens (tertiary/aromatic N) is 1. The van der Waals surface area contributed by atoms with Crippen LogP contribution >= 0.6 is 0 Å². The topological polar surface area (TPSA) is 12.5 Å². The van der Waals surface area contributed by atoms with Crippen molar-refractivity contribution in [3.63, 3.8) is 0 Å². The van der Waals surface area contributed by atoms with Crippen molar-refractivity contribution >= 4 is 16.9 Å². The van der Waals surface area contributed by atoms with Gasteiger partial charge in [-0.2, -0.15) is 0 Å². The maximum atomic E-state index is 7.19. The number of hydrogen-bond donors (Lipinski definition) is 0. The van der Waals surface area contributed by atoms with Crippen LogP contribution < -0.4 is 9.64 Å². The van der Waals surface area contributed by atoms with Gasteiger partial charge in [0.2, 0.25) is 0 Å². The molecule has 0 amide bonds. The molecule has 0 radical (unpaired) electrons. The summed E-state index contributed by atoms with van der Waals surface area (Å²) in [6.45, 7) is 0. The second-order valence-corrected chi connectivity index (χ2v) is 13.5. The summed E-state index contributed by atoms with van der Waals surface area (Å²) >= 11 is 0. The van der Waals surface area contributed by atoms with E-state index in [1.165, 1.54) is 50.1 Å². The highest BCUT2D eigenvalue weighted by Gasteiger charge is 2.52. The van der Waals surface area contributed by atoms with Crippen LogP contribution in [0.3, 0.4) is 0 Å². The molecule has 1 heterocycles. The van der Waals surface area contributed by atoms with Gasteiger partial charge < -0.3 is 9.64 Å². The first-order valence-electron chi connectivity index (χ1n) is 17.8. The molecule has 10 rings (SSSR count). The Kier molecular flexibility index (Phi) is 6.89. The zero-order valence-electron chi connectivity index (χ0n) is 28.1. The molecule has 0 saturated heterocycles. The van der Waals surface area contributed by atoms with Crippen LogP contribution in [0.25, 0.3) is 27.8 Å². The first kappa shape index (κ1) is 29.5. The van der Waals surface area contributed by atoms with Gasteiger partial charge in [-0.1, -0.05) is 176 Å². The van der Waals surface area contributed by atoms with Crippen LogP contribution in [0.5, 0.6) is 5.75 Å². The van der Waals surface area contributed by atoms with Crippen LogP contribution in [0, 0.1) is 0 Å². The molecule has 51 heavy (non-hydrogen) atoms. The minimum Gasteiger partial charge on any atom is -0.483 e. The van der Waals surface area contributed by atoms with Gasteiger partial charge in [-0.05, 0) is 63.2 Å². The van der Waals surface area contributed by atoms with E-state index in [1.807, 2.05) is 0 Å². The Morgan fingerprint density at radius 3 is 1.69 bits per heavy atom. The Morgan fingerprint density at radius 2 is 1.00 bits per heavy atom. The predicted molar refractivity (Wildman–Crippen MR) is 209 cm³/mol. The van der Waals surface area contributed by atoms with E-state index in [9.17, 15) is 0 Å². The Balaban J connectivity index is 1.26. The Bertz CT molecular complexity index is 2420. The van der Waals surface area contributed by atoms with E-state index < -0.39 is 5.41 Å². The molecule has 2 heteroatoms. The van der Waals surface area contributed by atoms with E-state index in [0.29, 0.717) is 0 Å². The lowest BCUT2D eigenvalue weighted by Crippen LogP contribution is -2.45. The minimum atomic E-state index is -0.538. The lowest BCUT2D eigenvalue weighted by atomic mass is 9.63. The van der Waals surface area contributed by atoms with Crippen molar-refractivity contribution < 1.29 is 4.74 Å². The Hall–Kier alpha value is -6.38. The highest BCUT2D eigenvalue weighted by Crippen LogP contribution is 2.60. The highest BCUT2D eigenvalue weighted by molar-refractivity contribution is 5.94. The highest BCUT2D eigenvalue weighted by atomic mass is 16.5. The van der Waals surface area contributed by atoms with E-state index in [0.717, 1.165) is 22.7 Å². The number of rotatable bonds is 6. The quantitative estimate of drug-likeness (QED) is 0.177. The van der Waals surface area contributed by atoms with Crippen LogP contribution in [0.2, 0.25) is 0 Å². The fourth-order valence-electron chi connectivity index (χ4n) is 8.90. The predicted octanol–water partition coefficient (Wildman–Crippen LogP) is 11.7. The molecule has 1 unspecified atom stereocenters. The molecule has 0 bridgehead atoms. The average Bonchev–Trinajstić information content (AvgIpc) is 3.75. The molecule has 7 aromatic carbocycles. The molecular formula is C49H35NO. The van der Waals surface area contributed by atoms with Crippen molar-refractivity contribution in [3.05, 3.63) is 228 Å². The summed E-state index contributed by atoms with van der Waals surface area (Å²) in [7, 11) is 0. The van der Waals surface area contributed by atoms with Crippen molar-refractivity contribution in [3.8, 4) is 28.0 Å². The summed E-state index contributed by atoms with van der Waals surface area (Å²) in [4.78, 5) is 2.48. The molecule has 0 fully saturated rings. The molecule has 0 saturated carbocycles. The molecule has 2 nitrogen and oxygen atoms in total. The summed E-state index contributed by atoms with van der Waals surface area (Å²) < 4.78 is 7.19. The zero-order chi connectivity index (χ0) is 33.8. The van der Waals surface area contributed by atoms with Crippen LogP contribution in [0.1, 0.15) is 22.3 Å². The summed E-state index contributed by atoms with van der Waals surface area (Å²) in [5.74, 6) is 0.927. The third-order valence-electron chi connectivity index (χ3n) is 10.9. The maximum Gasteiger partial charge on any atom is 0.149 e. The monoisotopic (exact) mass is 653 g/mol. The Labute approximate surface area is 299 Å². The number of allylic oxidation sites excluding steroid dienone is 2. The van der Waals surface area contributed by atoms with Crippen molar-refractivity contribution in [1.82, 2.24) is 0 Å². The Morgan fingerprint density at radius 1 is 0.471 bits per heavy atom. The van der Waals surface area contributed by atoms with Crippen molar-refractivity contribution in [1.29, 1.82) is 0 Å². The molecule has 2 aliphatic carbocycles. The smallest absolute Gasteiger partial charge is 0.149 e. The van der Waals surface area contributed by atoms with E-state index in [-0.39, 0.29) is 12.1 Å². The minimum absolute atomic E-state index is 0.136. The second-order valence-electron chi connectivity index (χ2n) is 13.5. The van der Waals surface area contributed by atoms with Gasteiger partial charge in [0.05, 0.1) is 11.5 Å². The largest absolute Gasteiger partial charge is 0.483 e. The summed E-state index contributed by atoms with van der Waals surface area (Å²) in [6.07, 6.45) is 4.56. The molecular weight excluding hydrogens is 619 g/mol. The first-order chi connectivity index (χ1) is 25.3. The average molecular weight is 654 g/mol. The third kappa shape index (κ3) is 4.43. The molecule has 242 valence electrons. The van der Waals surface area contributed by atoms with E-state index in [2.05, 4.69) is 205 Å². The summed E-state index contributed by atoms with van der Waals surface area (Å²) in [5.41, 5.74) is 14.2. The lowest BCUT2D eigenvalue weighted by Gasteiger charge is -2.42. The number of benzene rings is 7.